The molecule has 0 radical (unpaired) electrons. The smallest absolute Gasteiger partial charge is 0.176 e. The molecule has 1 rings (SSSR count). The normalized spacial score (nSPS) is 10.8. The van der Waals surface area contributed by atoms with Crippen LogP contribution >= 0.6 is 0 Å². The third-order valence-corrected chi connectivity index (χ3v) is 2.61. The Morgan fingerprint density at radius 2 is 1.88 bits per heavy atom. The van der Waals surface area contributed by atoms with Gasteiger partial charge in [0.25, 0.3) is 0 Å². The summed E-state index contributed by atoms with van der Waals surface area (Å²) in [5, 5.41) is 3.12. The highest BCUT2D eigenvalue weighted by Gasteiger charge is 2.05. The number of nitrogens with one attached hydrogen (secondary N) is 1. The maximum atomic E-state index is 11.7. The quantitative estimate of drug-likeness (QED) is 0.588. The maximum Gasteiger partial charge on any atom is 0.176 e. The van der Waals surface area contributed by atoms with Gasteiger partial charge in [0.15, 0.2) is 5.78 Å². The van der Waals surface area contributed by atoms with Gasteiger partial charge in [-0.2, -0.15) is 0 Å². The predicted molar refractivity (Wildman–Crippen MR) is 68.0 cm³/mol. The van der Waals surface area contributed by atoms with Crippen LogP contribution in [0.2, 0.25) is 0 Å². The number of Topliss-reactive ketones (excluding diaryl/α,β-unsaturated/α-hetero) is 1. The monoisotopic (exact) mass is 219 g/mol. The molecule has 0 aromatic heterocycles. The summed E-state index contributed by atoms with van der Waals surface area (Å²) in [7, 11) is 0. The molecule has 88 valence electrons. The van der Waals surface area contributed by atoms with Crippen molar-refractivity contribution in [2.24, 2.45) is 0 Å². The highest BCUT2D eigenvalue weighted by Crippen LogP contribution is 2.14. The lowest BCUT2D eigenvalue weighted by atomic mass is 10.0. The van der Waals surface area contributed by atoms with Gasteiger partial charge in [0.2, 0.25) is 0 Å². The van der Waals surface area contributed by atoms with Crippen LogP contribution < -0.4 is 5.32 Å². The van der Waals surface area contributed by atoms with E-state index in [9.17, 15) is 4.79 Å². The van der Waals surface area contributed by atoms with Crippen LogP contribution in [-0.4, -0.2) is 18.9 Å². The molecule has 16 heavy (non-hydrogen) atoms. The topological polar surface area (TPSA) is 29.1 Å². The molecule has 1 aromatic carbocycles. The standard InChI is InChI=1S/C14H21NO/c1-4-9-15-10-14(16)13-7-5-12(6-8-13)11(2)3/h5-8,11,15H,4,9-10H2,1-3H3. The Bertz CT molecular complexity index is 327. The zero-order valence-electron chi connectivity index (χ0n) is 10.4. The molecule has 0 heterocycles. The summed E-state index contributed by atoms with van der Waals surface area (Å²) in [6.45, 7) is 7.73. The first-order valence-corrected chi connectivity index (χ1v) is 5.99. The first-order chi connectivity index (χ1) is 7.65. The molecule has 0 unspecified atom stereocenters. The molecule has 1 N–H and O–H groups in total. The Balaban J connectivity index is 2.56. The molecule has 0 saturated heterocycles. The Hall–Kier alpha value is -1.15. The van der Waals surface area contributed by atoms with E-state index in [-0.39, 0.29) is 5.78 Å². The van der Waals surface area contributed by atoms with E-state index in [4.69, 9.17) is 0 Å². The zero-order chi connectivity index (χ0) is 12.0. The van der Waals surface area contributed by atoms with Crippen LogP contribution in [0.3, 0.4) is 0 Å². The fraction of sp³-hybridized carbons (Fsp3) is 0.500. The summed E-state index contributed by atoms with van der Waals surface area (Å²) in [6, 6.07) is 7.92. The third kappa shape index (κ3) is 3.78. The van der Waals surface area contributed by atoms with E-state index < -0.39 is 0 Å². The van der Waals surface area contributed by atoms with Crippen LogP contribution in [0.5, 0.6) is 0 Å². The molecular weight excluding hydrogens is 198 g/mol. The molecule has 2 heteroatoms. The van der Waals surface area contributed by atoms with E-state index in [1.54, 1.807) is 0 Å². The molecule has 0 aliphatic heterocycles. The number of hydrogen-bond donors (Lipinski definition) is 1. The van der Waals surface area contributed by atoms with Crippen molar-refractivity contribution >= 4 is 5.78 Å². The van der Waals surface area contributed by atoms with Crippen LogP contribution in [0.25, 0.3) is 0 Å². The number of carbonyl (C=O) groups excluding carboxylic acids is 1. The van der Waals surface area contributed by atoms with E-state index in [1.165, 1.54) is 5.56 Å². The molecule has 0 saturated carbocycles. The van der Waals surface area contributed by atoms with Crippen molar-refractivity contribution in [3.63, 3.8) is 0 Å². The van der Waals surface area contributed by atoms with E-state index in [1.807, 2.05) is 24.3 Å². The summed E-state index contributed by atoms with van der Waals surface area (Å²) < 4.78 is 0. The zero-order valence-corrected chi connectivity index (χ0v) is 10.4. The van der Waals surface area contributed by atoms with Gasteiger partial charge in [-0.1, -0.05) is 45.0 Å². The predicted octanol–water partition coefficient (Wildman–Crippen LogP) is 2.99. The minimum atomic E-state index is 0.170. The Morgan fingerprint density at radius 3 is 2.38 bits per heavy atom. The lowest BCUT2D eigenvalue weighted by Gasteiger charge is -2.06. The maximum absolute atomic E-state index is 11.7. The molecule has 1 aromatic rings. The molecule has 0 bridgehead atoms. The first-order valence-electron chi connectivity index (χ1n) is 5.99. The summed E-state index contributed by atoms with van der Waals surface area (Å²) in [5.41, 5.74) is 2.08. The molecule has 0 fully saturated rings. The summed E-state index contributed by atoms with van der Waals surface area (Å²) >= 11 is 0. The van der Waals surface area contributed by atoms with E-state index in [0.29, 0.717) is 12.5 Å². The second-order valence-electron chi connectivity index (χ2n) is 4.38. The fourth-order valence-corrected chi connectivity index (χ4v) is 1.53. The molecule has 2 nitrogen and oxygen atoms in total. The number of benzene rings is 1. The van der Waals surface area contributed by atoms with E-state index >= 15 is 0 Å². The Morgan fingerprint density at radius 1 is 1.25 bits per heavy atom. The van der Waals surface area contributed by atoms with Crippen LogP contribution in [0.1, 0.15) is 49.0 Å². The Kier molecular flexibility index (Phi) is 5.20. The van der Waals surface area contributed by atoms with Crippen molar-refractivity contribution in [2.75, 3.05) is 13.1 Å². The van der Waals surface area contributed by atoms with Crippen LogP contribution in [-0.2, 0) is 0 Å². The SMILES string of the molecule is CCCNCC(=O)c1ccc(C(C)C)cc1. The highest BCUT2D eigenvalue weighted by molar-refractivity contribution is 5.97. The van der Waals surface area contributed by atoms with Crippen molar-refractivity contribution in [2.45, 2.75) is 33.1 Å². The molecule has 0 aliphatic rings. The van der Waals surface area contributed by atoms with Crippen molar-refractivity contribution in [1.82, 2.24) is 5.32 Å². The number of hydrogen-bond acceptors (Lipinski definition) is 2. The van der Waals surface area contributed by atoms with E-state index in [0.717, 1.165) is 18.5 Å². The lowest BCUT2D eigenvalue weighted by molar-refractivity contribution is 0.0991. The van der Waals surface area contributed by atoms with Crippen LogP contribution in [0, 0.1) is 0 Å². The van der Waals surface area contributed by atoms with Crippen molar-refractivity contribution < 1.29 is 4.79 Å². The van der Waals surface area contributed by atoms with E-state index in [2.05, 4.69) is 26.1 Å². The molecular formula is C14H21NO. The molecule has 0 aliphatic carbocycles. The average molecular weight is 219 g/mol. The van der Waals surface area contributed by atoms with Gasteiger partial charge in [0.05, 0.1) is 6.54 Å². The van der Waals surface area contributed by atoms with Gasteiger partial charge in [0.1, 0.15) is 0 Å². The van der Waals surface area contributed by atoms with Crippen LogP contribution in [0.4, 0.5) is 0 Å². The van der Waals surface area contributed by atoms with Crippen molar-refractivity contribution in [3.8, 4) is 0 Å². The second-order valence-corrected chi connectivity index (χ2v) is 4.38. The summed E-state index contributed by atoms with van der Waals surface area (Å²) in [6.07, 6.45) is 1.06. The largest absolute Gasteiger partial charge is 0.310 e. The van der Waals surface area contributed by atoms with Gasteiger partial charge >= 0.3 is 0 Å². The molecule has 0 spiro atoms. The second kappa shape index (κ2) is 6.44. The van der Waals surface area contributed by atoms with Gasteiger partial charge < -0.3 is 5.32 Å². The number of ketones is 1. The fourth-order valence-electron chi connectivity index (χ4n) is 1.53. The average Bonchev–Trinajstić information content (AvgIpc) is 2.29. The minimum absolute atomic E-state index is 0.170. The highest BCUT2D eigenvalue weighted by atomic mass is 16.1. The van der Waals surface area contributed by atoms with Gasteiger partial charge in [-0.25, -0.2) is 0 Å². The number of rotatable bonds is 6. The van der Waals surface area contributed by atoms with Crippen molar-refractivity contribution in [1.29, 1.82) is 0 Å². The lowest BCUT2D eigenvalue weighted by Crippen LogP contribution is -2.23. The molecule has 0 amide bonds. The summed E-state index contributed by atoms with van der Waals surface area (Å²) in [5.74, 6) is 0.686. The molecule has 0 atom stereocenters. The van der Waals surface area contributed by atoms with Gasteiger partial charge in [0, 0.05) is 5.56 Å². The van der Waals surface area contributed by atoms with Gasteiger partial charge in [-0.15, -0.1) is 0 Å². The van der Waals surface area contributed by atoms with Crippen LogP contribution in [0.15, 0.2) is 24.3 Å². The summed E-state index contributed by atoms with van der Waals surface area (Å²) in [4.78, 5) is 11.7. The minimum Gasteiger partial charge on any atom is -0.310 e. The van der Waals surface area contributed by atoms with Crippen molar-refractivity contribution in [3.05, 3.63) is 35.4 Å². The first kappa shape index (κ1) is 12.9. The Labute approximate surface area is 98.1 Å². The number of carbonyl (C=O) groups is 1. The van der Waals surface area contributed by atoms with Gasteiger partial charge in [-0.05, 0) is 24.4 Å². The third-order valence-electron chi connectivity index (χ3n) is 2.61. The van der Waals surface area contributed by atoms with Gasteiger partial charge in [-0.3, -0.25) is 4.79 Å².